The number of rotatable bonds is 16. The second kappa shape index (κ2) is 14.4. The first-order valence-corrected chi connectivity index (χ1v) is 16.9. The average molecular weight is 616 g/mol. The molecule has 3 aromatic carbocycles. The molecule has 0 spiro atoms. The highest BCUT2D eigenvalue weighted by atomic mass is 32.2. The third-order valence-corrected chi connectivity index (χ3v) is 11.1. The van der Waals surface area contributed by atoms with E-state index >= 15 is 0 Å². The Morgan fingerprint density at radius 1 is 0.857 bits per heavy atom. The van der Waals surface area contributed by atoms with E-state index in [1.165, 1.54) is 23.4 Å². The molecule has 0 radical (unpaired) electrons. The van der Waals surface area contributed by atoms with Crippen LogP contribution < -0.4 is 10.5 Å². The van der Waals surface area contributed by atoms with E-state index in [-0.39, 0.29) is 43.3 Å². The molecule has 3 rings (SSSR count). The molecule has 0 aliphatic rings. The highest BCUT2D eigenvalue weighted by Crippen LogP contribution is 2.33. The summed E-state index contributed by atoms with van der Waals surface area (Å²) in [5.74, 6) is -2.24. The van der Waals surface area contributed by atoms with Crippen molar-refractivity contribution in [3.05, 3.63) is 102 Å². The number of benzene rings is 3. The molecule has 0 aliphatic carbocycles. The standard InChI is InChI=1S/C31H41N3O6S2/c1-24(2)23-34(42(39,40)28-17-11-6-12-18-28)20-19-31(36,21-26-13-7-4-8-14-26)29(25(3)30(32)35)41(37,38)33-22-27-15-9-5-10-16-27/h4-18,24-25,29,33,36H,19-23H2,1-3H3,(H2,32,35)/t25?,29?,31-/m0/s1. The van der Waals surface area contributed by atoms with E-state index in [1.807, 2.05) is 13.8 Å². The number of nitrogens with one attached hydrogen (secondary N) is 1. The van der Waals surface area contributed by atoms with Crippen LogP contribution in [-0.4, -0.2) is 56.1 Å². The molecular weight excluding hydrogens is 574 g/mol. The quantitative estimate of drug-likeness (QED) is 0.225. The van der Waals surface area contributed by atoms with Crippen molar-refractivity contribution in [2.45, 2.75) is 55.9 Å². The second-order valence-corrected chi connectivity index (χ2v) is 14.9. The number of aliphatic hydroxyl groups is 1. The number of sulfonamides is 2. The average Bonchev–Trinajstić information content (AvgIpc) is 2.95. The van der Waals surface area contributed by atoms with Gasteiger partial charge in [0, 0.05) is 26.1 Å². The van der Waals surface area contributed by atoms with Crippen molar-refractivity contribution in [3.63, 3.8) is 0 Å². The fourth-order valence-corrected chi connectivity index (χ4v) is 8.72. The summed E-state index contributed by atoms with van der Waals surface area (Å²) in [6.07, 6.45) is -0.418. The normalized spacial score (nSPS) is 15.3. The highest BCUT2D eigenvalue weighted by Gasteiger charge is 2.50. The van der Waals surface area contributed by atoms with Crippen molar-refractivity contribution in [2.75, 3.05) is 13.1 Å². The molecule has 0 saturated carbocycles. The zero-order valence-electron chi connectivity index (χ0n) is 24.3. The molecule has 9 nitrogen and oxygen atoms in total. The van der Waals surface area contributed by atoms with Crippen LogP contribution in [0.3, 0.4) is 0 Å². The molecule has 3 aromatic rings. The van der Waals surface area contributed by atoms with Gasteiger partial charge in [-0.3, -0.25) is 4.79 Å². The summed E-state index contributed by atoms with van der Waals surface area (Å²) in [5, 5.41) is 10.7. The van der Waals surface area contributed by atoms with Crippen LogP contribution in [0, 0.1) is 11.8 Å². The molecule has 1 amide bonds. The van der Waals surface area contributed by atoms with Gasteiger partial charge in [0.25, 0.3) is 0 Å². The van der Waals surface area contributed by atoms with Crippen molar-refractivity contribution in [1.82, 2.24) is 9.03 Å². The first kappa shape index (κ1) is 33.4. The van der Waals surface area contributed by atoms with Gasteiger partial charge in [0.1, 0.15) is 5.25 Å². The van der Waals surface area contributed by atoms with Gasteiger partial charge in [0.2, 0.25) is 26.0 Å². The Hall–Kier alpha value is -3.09. The Morgan fingerprint density at radius 2 is 1.36 bits per heavy atom. The van der Waals surface area contributed by atoms with E-state index in [2.05, 4.69) is 4.72 Å². The zero-order chi connectivity index (χ0) is 31.0. The molecule has 0 fully saturated rings. The Kier molecular flexibility index (Phi) is 11.4. The molecular formula is C31H41N3O6S2. The summed E-state index contributed by atoms with van der Waals surface area (Å²) < 4.78 is 58.9. The van der Waals surface area contributed by atoms with E-state index in [9.17, 15) is 26.7 Å². The van der Waals surface area contributed by atoms with Crippen LogP contribution in [0.25, 0.3) is 0 Å². The van der Waals surface area contributed by atoms with Crippen LogP contribution in [0.2, 0.25) is 0 Å². The van der Waals surface area contributed by atoms with Gasteiger partial charge in [-0.25, -0.2) is 21.6 Å². The maximum absolute atomic E-state index is 13.9. The second-order valence-electron chi connectivity index (χ2n) is 11.0. The predicted octanol–water partition coefficient (Wildman–Crippen LogP) is 3.31. The zero-order valence-corrected chi connectivity index (χ0v) is 25.9. The van der Waals surface area contributed by atoms with Gasteiger partial charge < -0.3 is 10.8 Å². The fraction of sp³-hybridized carbons (Fsp3) is 0.387. The maximum Gasteiger partial charge on any atom is 0.243 e. The summed E-state index contributed by atoms with van der Waals surface area (Å²) in [7, 11) is -8.34. The molecule has 0 saturated heterocycles. The number of primary amides is 1. The van der Waals surface area contributed by atoms with E-state index in [0.717, 1.165) is 0 Å². The molecule has 0 aromatic heterocycles. The topological polar surface area (TPSA) is 147 Å². The Balaban J connectivity index is 2.06. The number of amides is 1. The molecule has 0 bridgehead atoms. The lowest BCUT2D eigenvalue weighted by atomic mass is 9.82. The van der Waals surface area contributed by atoms with Gasteiger partial charge in [-0.05, 0) is 35.6 Å². The van der Waals surface area contributed by atoms with Crippen LogP contribution in [0.1, 0.15) is 38.3 Å². The molecule has 4 N–H and O–H groups in total. The van der Waals surface area contributed by atoms with Crippen LogP contribution in [0.4, 0.5) is 0 Å². The third-order valence-electron chi connectivity index (χ3n) is 7.18. The van der Waals surface area contributed by atoms with Gasteiger partial charge in [0.05, 0.1) is 16.4 Å². The van der Waals surface area contributed by atoms with Crippen molar-refractivity contribution in [2.24, 2.45) is 17.6 Å². The molecule has 11 heteroatoms. The van der Waals surface area contributed by atoms with Crippen LogP contribution in [-0.2, 0) is 37.8 Å². The first-order chi connectivity index (χ1) is 19.8. The number of carbonyl (C=O) groups excluding carboxylic acids is 1. The van der Waals surface area contributed by atoms with E-state index in [4.69, 9.17) is 5.73 Å². The Morgan fingerprint density at radius 3 is 1.86 bits per heavy atom. The lowest BCUT2D eigenvalue weighted by Crippen LogP contribution is -2.58. The van der Waals surface area contributed by atoms with E-state index < -0.39 is 42.7 Å². The molecule has 42 heavy (non-hydrogen) atoms. The van der Waals surface area contributed by atoms with Gasteiger partial charge in [-0.2, -0.15) is 4.31 Å². The SMILES string of the molecule is CC(C)CN(CC[C@](O)(Cc1ccccc1)C(C(C)C(N)=O)S(=O)(=O)NCc1ccccc1)S(=O)(=O)c1ccccc1. The molecule has 3 atom stereocenters. The Labute approximate surface area is 249 Å². The number of carbonyl (C=O) groups is 1. The third kappa shape index (κ3) is 8.71. The van der Waals surface area contributed by atoms with Gasteiger partial charge in [-0.1, -0.05) is 99.6 Å². The van der Waals surface area contributed by atoms with Gasteiger partial charge in [-0.15, -0.1) is 0 Å². The summed E-state index contributed by atoms with van der Waals surface area (Å²) in [6, 6.07) is 25.6. The fourth-order valence-electron chi connectivity index (χ4n) is 5.10. The lowest BCUT2D eigenvalue weighted by molar-refractivity contribution is -0.123. The van der Waals surface area contributed by atoms with Crippen molar-refractivity contribution in [1.29, 1.82) is 0 Å². The molecule has 0 heterocycles. The minimum Gasteiger partial charge on any atom is -0.388 e. The van der Waals surface area contributed by atoms with E-state index in [0.29, 0.717) is 11.1 Å². The lowest BCUT2D eigenvalue weighted by Gasteiger charge is -2.39. The molecule has 228 valence electrons. The summed E-state index contributed by atoms with van der Waals surface area (Å²) >= 11 is 0. The van der Waals surface area contributed by atoms with Crippen molar-refractivity contribution >= 4 is 26.0 Å². The minimum atomic E-state index is -4.37. The maximum atomic E-state index is 13.9. The smallest absolute Gasteiger partial charge is 0.243 e. The van der Waals surface area contributed by atoms with Gasteiger partial charge in [0.15, 0.2) is 0 Å². The monoisotopic (exact) mass is 615 g/mol. The summed E-state index contributed by atoms with van der Waals surface area (Å²) in [6.45, 7) is 5.02. The summed E-state index contributed by atoms with van der Waals surface area (Å²) in [4.78, 5) is 12.6. The number of hydrogen-bond donors (Lipinski definition) is 3. The van der Waals surface area contributed by atoms with Crippen LogP contribution >= 0.6 is 0 Å². The Bertz CT molecular complexity index is 1500. The van der Waals surface area contributed by atoms with E-state index in [1.54, 1.807) is 78.9 Å². The van der Waals surface area contributed by atoms with Crippen LogP contribution in [0.15, 0.2) is 95.9 Å². The largest absolute Gasteiger partial charge is 0.388 e. The van der Waals surface area contributed by atoms with Crippen molar-refractivity contribution < 1.29 is 26.7 Å². The summed E-state index contributed by atoms with van der Waals surface area (Å²) in [5.41, 5.74) is 4.90. The van der Waals surface area contributed by atoms with Crippen molar-refractivity contribution in [3.8, 4) is 0 Å². The van der Waals surface area contributed by atoms with Gasteiger partial charge >= 0.3 is 0 Å². The number of nitrogens with two attached hydrogens (primary N) is 1. The predicted molar refractivity (Wildman–Crippen MR) is 164 cm³/mol. The number of hydrogen-bond acceptors (Lipinski definition) is 6. The van der Waals surface area contributed by atoms with Crippen LogP contribution in [0.5, 0.6) is 0 Å². The molecule has 0 aliphatic heterocycles. The molecule has 2 unspecified atom stereocenters. The number of nitrogens with zero attached hydrogens (tertiary/aromatic N) is 1. The highest BCUT2D eigenvalue weighted by molar-refractivity contribution is 7.90. The minimum absolute atomic E-state index is 0.0534. The first-order valence-electron chi connectivity index (χ1n) is 13.9.